The minimum Gasteiger partial charge on any atom is -0.368 e. The molecule has 1 saturated heterocycles. The Bertz CT molecular complexity index is 569. The summed E-state index contributed by atoms with van der Waals surface area (Å²) in [6.45, 7) is 7.60. The molecule has 114 valence electrons. The summed E-state index contributed by atoms with van der Waals surface area (Å²) in [5.74, 6) is 0.0309. The summed E-state index contributed by atoms with van der Waals surface area (Å²) in [4.78, 5) is 16.7. The fourth-order valence-corrected chi connectivity index (χ4v) is 3.19. The van der Waals surface area contributed by atoms with E-state index < -0.39 is 0 Å². The molecule has 0 radical (unpaired) electrons. The Hall–Kier alpha value is -1.59. The fourth-order valence-electron chi connectivity index (χ4n) is 3.19. The summed E-state index contributed by atoms with van der Waals surface area (Å²) in [5, 5.41) is 6.02. The average Bonchev–Trinajstić information content (AvgIpc) is 2.75. The van der Waals surface area contributed by atoms with Crippen LogP contribution in [0.4, 0.5) is 11.4 Å². The quantitative estimate of drug-likeness (QED) is 0.864. The summed E-state index contributed by atoms with van der Waals surface area (Å²) >= 11 is 0. The molecule has 1 atom stereocenters. The number of anilines is 2. The van der Waals surface area contributed by atoms with Gasteiger partial charge in [-0.15, -0.1) is 0 Å². The topological polar surface area (TPSA) is 47.6 Å². The number of hydrogen-bond acceptors (Lipinski definition) is 4. The maximum absolute atomic E-state index is 11.9. The number of nitrogens with zero attached hydrogens (tertiary/aromatic N) is 2. The molecule has 3 rings (SSSR count). The van der Waals surface area contributed by atoms with Gasteiger partial charge in [0.25, 0.3) is 0 Å². The first kappa shape index (κ1) is 14.4. The molecule has 0 bridgehead atoms. The second-order valence-electron chi connectivity index (χ2n) is 6.64. The molecule has 1 fully saturated rings. The van der Waals surface area contributed by atoms with Crippen LogP contribution in [-0.2, 0) is 4.79 Å². The smallest absolute Gasteiger partial charge is 0.246 e. The molecular weight excluding hydrogens is 264 g/mol. The van der Waals surface area contributed by atoms with Crippen molar-refractivity contribution < 1.29 is 4.79 Å². The third-order valence-corrected chi connectivity index (χ3v) is 4.84. The summed E-state index contributed by atoms with van der Waals surface area (Å²) in [7, 11) is 3.99. The van der Waals surface area contributed by atoms with E-state index in [9.17, 15) is 4.79 Å². The largest absolute Gasteiger partial charge is 0.368 e. The van der Waals surface area contributed by atoms with E-state index in [1.165, 1.54) is 5.69 Å². The zero-order valence-corrected chi connectivity index (χ0v) is 13.2. The van der Waals surface area contributed by atoms with Crippen LogP contribution in [0.5, 0.6) is 0 Å². The zero-order valence-electron chi connectivity index (χ0n) is 13.2. The van der Waals surface area contributed by atoms with Gasteiger partial charge in [0.1, 0.15) is 6.04 Å². The van der Waals surface area contributed by atoms with Gasteiger partial charge in [-0.1, -0.05) is 6.07 Å². The molecule has 0 spiro atoms. The molecule has 1 aromatic rings. The Labute approximate surface area is 126 Å². The standard InChI is InChI=1S/C16H24N4O/c1-16(2)10-20(8-7-19(16)4)11-5-6-12-13(9-11)18-15(21)14(12)17-3/h5-6,9,14,17H,7-8,10H2,1-4H3,(H,18,21). The number of rotatable bonds is 2. The monoisotopic (exact) mass is 288 g/mol. The molecule has 0 saturated carbocycles. The third kappa shape index (κ3) is 2.40. The van der Waals surface area contributed by atoms with E-state index in [4.69, 9.17) is 0 Å². The van der Waals surface area contributed by atoms with Crippen molar-refractivity contribution in [1.82, 2.24) is 10.2 Å². The Morgan fingerprint density at radius 1 is 1.33 bits per heavy atom. The predicted octanol–water partition coefficient (Wildman–Crippen LogP) is 1.43. The summed E-state index contributed by atoms with van der Waals surface area (Å²) < 4.78 is 0. The predicted molar refractivity (Wildman–Crippen MR) is 85.8 cm³/mol. The van der Waals surface area contributed by atoms with Crippen molar-refractivity contribution in [3.05, 3.63) is 23.8 Å². The lowest BCUT2D eigenvalue weighted by Crippen LogP contribution is -2.57. The van der Waals surface area contributed by atoms with Crippen molar-refractivity contribution in [2.45, 2.75) is 25.4 Å². The first-order chi connectivity index (χ1) is 9.92. The van der Waals surface area contributed by atoms with Gasteiger partial charge in [-0.25, -0.2) is 0 Å². The maximum atomic E-state index is 11.9. The minimum absolute atomic E-state index is 0.0309. The number of hydrogen-bond donors (Lipinski definition) is 2. The molecule has 2 heterocycles. The minimum atomic E-state index is -0.224. The molecule has 5 heteroatoms. The van der Waals surface area contributed by atoms with Gasteiger partial charge in [-0.2, -0.15) is 0 Å². The first-order valence-corrected chi connectivity index (χ1v) is 7.50. The van der Waals surface area contributed by atoms with E-state index in [1.54, 1.807) is 0 Å². The van der Waals surface area contributed by atoms with Crippen molar-refractivity contribution in [1.29, 1.82) is 0 Å². The van der Waals surface area contributed by atoms with Crippen molar-refractivity contribution in [3.8, 4) is 0 Å². The molecular formula is C16H24N4O. The molecule has 1 amide bonds. The number of fused-ring (bicyclic) bond motifs is 1. The van der Waals surface area contributed by atoms with Crippen molar-refractivity contribution >= 4 is 17.3 Å². The van der Waals surface area contributed by atoms with Gasteiger partial charge in [-0.05, 0) is 40.1 Å². The van der Waals surface area contributed by atoms with E-state index in [2.05, 4.69) is 59.5 Å². The highest BCUT2D eigenvalue weighted by Gasteiger charge is 2.33. The number of benzene rings is 1. The number of nitrogens with one attached hydrogen (secondary N) is 2. The Balaban J connectivity index is 1.86. The Kier molecular flexibility index (Phi) is 3.42. The van der Waals surface area contributed by atoms with E-state index in [0.717, 1.165) is 30.9 Å². The van der Waals surface area contributed by atoms with E-state index in [-0.39, 0.29) is 17.5 Å². The third-order valence-electron chi connectivity index (χ3n) is 4.84. The van der Waals surface area contributed by atoms with Gasteiger partial charge in [-0.3, -0.25) is 9.69 Å². The Morgan fingerprint density at radius 2 is 2.10 bits per heavy atom. The summed E-state index contributed by atoms with van der Waals surface area (Å²) in [5.41, 5.74) is 3.33. The molecule has 1 aromatic carbocycles. The SMILES string of the molecule is CNC1C(=O)Nc2cc(N3CCN(C)C(C)(C)C3)ccc21. The van der Waals surface area contributed by atoms with E-state index in [0.29, 0.717) is 0 Å². The van der Waals surface area contributed by atoms with Crippen LogP contribution < -0.4 is 15.5 Å². The van der Waals surface area contributed by atoms with Crippen molar-refractivity contribution in [2.75, 3.05) is 43.9 Å². The fraction of sp³-hybridized carbons (Fsp3) is 0.562. The number of amides is 1. The van der Waals surface area contributed by atoms with E-state index in [1.807, 2.05) is 7.05 Å². The molecule has 2 N–H and O–H groups in total. The van der Waals surface area contributed by atoms with Gasteiger partial charge >= 0.3 is 0 Å². The number of carbonyl (C=O) groups excluding carboxylic acids is 1. The second kappa shape index (κ2) is 5.00. The van der Waals surface area contributed by atoms with Crippen LogP contribution in [-0.4, -0.2) is 50.1 Å². The molecule has 2 aliphatic rings. The Morgan fingerprint density at radius 3 is 2.76 bits per heavy atom. The summed E-state index contributed by atoms with van der Waals surface area (Å²) in [6, 6.07) is 6.07. The average molecular weight is 288 g/mol. The van der Waals surface area contributed by atoms with Crippen LogP contribution in [0.15, 0.2) is 18.2 Å². The van der Waals surface area contributed by atoms with Crippen LogP contribution in [0.2, 0.25) is 0 Å². The van der Waals surface area contributed by atoms with Crippen molar-refractivity contribution in [3.63, 3.8) is 0 Å². The van der Waals surface area contributed by atoms with Crippen LogP contribution in [0, 0.1) is 0 Å². The number of piperazine rings is 1. The lowest BCUT2D eigenvalue weighted by Gasteiger charge is -2.46. The van der Waals surface area contributed by atoms with Gasteiger partial charge in [0.05, 0.1) is 0 Å². The molecule has 0 aliphatic carbocycles. The van der Waals surface area contributed by atoms with Crippen LogP contribution in [0.25, 0.3) is 0 Å². The highest BCUT2D eigenvalue weighted by molar-refractivity contribution is 6.03. The van der Waals surface area contributed by atoms with Crippen LogP contribution in [0.3, 0.4) is 0 Å². The van der Waals surface area contributed by atoms with Crippen LogP contribution >= 0.6 is 0 Å². The van der Waals surface area contributed by atoms with Gasteiger partial charge in [0.2, 0.25) is 5.91 Å². The lowest BCUT2D eigenvalue weighted by molar-refractivity contribution is -0.117. The molecule has 5 nitrogen and oxygen atoms in total. The molecule has 0 aromatic heterocycles. The molecule has 21 heavy (non-hydrogen) atoms. The number of carbonyl (C=O) groups is 1. The van der Waals surface area contributed by atoms with Gasteiger partial charge in [0.15, 0.2) is 0 Å². The lowest BCUT2D eigenvalue weighted by atomic mass is 9.99. The molecule has 2 aliphatic heterocycles. The molecule has 1 unspecified atom stereocenters. The van der Waals surface area contributed by atoms with Gasteiger partial charge < -0.3 is 15.5 Å². The summed E-state index contributed by atoms with van der Waals surface area (Å²) in [6.07, 6.45) is 0. The highest BCUT2D eigenvalue weighted by atomic mass is 16.2. The van der Waals surface area contributed by atoms with Crippen LogP contribution in [0.1, 0.15) is 25.5 Å². The zero-order chi connectivity index (χ0) is 15.2. The normalized spacial score (nSPS) is 24.9. The number of likely N-dealkylation sites (N-methyl/N-ethyl adjacent to an activating group) is 2. The van der Waals surface area contributed by atoms with Crippen molar-refractivity contribution in [2.24, 2.45) is 0 Å². The highest BCUT2D eigenvalue weighted by Crippen LogP contribution is 2.35. The van der Waals surface area contributed by atoms with E-state index >= 15 is 0 Å². The van der Waals surface area contributed by atoms with Gasteiger partial charge in [0, 0.05) is 42.1 Å². The second-order valence-corrected chi connectivity index (χ2v) is 6.64. The first-order valence-electron chi connectivity index (χ1n) is 7.50. The maximum Gasteiger partial charge on any atom is 0.246 e.